The Kier molecular flexibility index (Phi) is 4.57. The monoisotopic (exact) mass is 389 g/mol. The first-order chi connectivity index (χ1) is 13.5. The van der Waals surface area contributed by atoms with Crippen LogP contribution < -0.4 is 5.56 Å². The first-order valence-corrected chi connectivity index (χ1v) is 9.68. The van der Waals surface area contributed by atoms with Gasteiger partial charge in [0.15, 0.2) is 0 Å². The summed E-state index contributed by atoms with van der Waals surface area (Å²) in [5.41, 5.74) is 3.01. The van der Waals surface area contributed by atoms with Crippen LogP contribution in [0.5, 0.6) is 5.88 Å². The summed E-state index contributed by atoms with van der Waals surface area (Å²) in [5, 5.41) is 12.8. The molecule has 0 amide bonds. The molecule has 0 aliphatic heterocycles. The Morgan fingerprint density at radius 3 is 2.50 bits per heavy atom. The minimum Gasteiger partial charge on any atom is -0.494 e. The number of pyridine rings is 1. The van der Waals surface area contributed by atoms with Crippen LogP contribution >= 0.6 is 11.3 Å². The zero-order valence-electron chi connectivity index (χ0n) is 15.8. The van der Waals surface area contributed by atoms with E-state index in [9.17, 15) is 9.90 Å². The summed E-state index contributed by atoms with van der Waals surface area (Å²) in [5.74, 6) is -0.135. The van der Waals surface area contributed by atoms with Crippen LogP contribution in [0, 0.1) is 20.8 Å². The Balaban J connectivity index is 1.99. The molecule has 2 aromatic carbocycles. The van der Waals surface area contributed by atoms with Crippen LogP contribution in [0.1, 0.15) is 21.6 Å². The molecule has 0 bridgehead atoms. The molecular weight excluding hydrogens is 370 g/mol. The van der Waals surface area contributed by atoms with E-state index in [-0.39, 0.29) is 11.4 Å². The van der Waals surface area contributed by atoms with E-state index in [1.54, 1.807) is 18.5 Å². The number of nitrogens with zero attached hydrogens (tertiary/aromatic N) is 3. The lowest BCUT2D eigenvalue weighted by molar-refractivity contribution is 0.436. The lowest BCUT2D eigenvalue weighted by atomic mass is 10.1. The highest BCUT2D eigenvalue weighted by Crippen LogP contribution is 2.28. The van der Waals surface area contributed by atoms with E-state index in [1.165, 1.54) is 15.9 Å². The maximum Gasteiger partial charge on any atom is 0.265 e. The fourth-order valence-electron chi connectivity index (χ4n) is 3.12. The predicted molar refractivity (Wildman–Crippen MR) is 115 cm³/mol. The van der Waals surface area contributed by atoms with Gasteiger partial charge in [0.05, 0.1) is 11.3 Å². The number of aryl methyl sites for hydroxylation is 3. The normalized spacial score (nSPS) is 11.5. The topological polar surface area (TPSA) is 67.5 Å². The predicted octanol–water partition coefficient (Wildman–Crippen LogP) is 4.83. The van der Waals surface area contributed by atoms with Crippen molar-refractivity contribution in [1.82, 2.24) is 9.55 Å². The Hall–Kier alpha value is -3.25. The van der Waals surface area contributed by atoms with Crippen molar-refractivity contribution in [3.63, 3.8) is 0 Å². The first kappa shape index (κ1) is 18.1. The van der Waals surface area contributed by atoms with Gasteiger partial charge in [-0.25, -0.2) is 14.5 Å². The highest BCUT2D eigenvalue weighted by Gasteiger charge is 2.16. The van der Waals surface area contributed by atoms with Crippen LogP contribution in [0.4, 0.5) is 5.13 Å². The lowest BCUT2D eigenvalue weighted by Crippen LogP contribution is -2.20. The van der Waals surface area contributed by atoms with Crippen LogP contribution in [-0.2, 0) is 0 Å². The molecule has 0 unspecified atom stereocenters. The van der Waals surface area contributed by atoms with Gasteiger partial charge in [-0.2, -0.15) is 0 Å². The molecule has 0 saturated heterocycles. The zero-order chi connectivity index (χ0) is 19.8. The van der Waals surface area contributed by atoms with Gasteiger partial charge in [-0.3, -0.25) is 4.79 Å². The third-order valence-corrected chi connectivity index (χ3v) is 5.59. The molecule has 28 heavy (non-hydrogen) atoms. The van der Waals surface area contributed by atoms with Crippen LogP contribution in [0.3, 0.4) is 0 Å². The van der Waals surface area contributed by atoms with E-state index in [4.69, 9.17) is 0 Å². The van der Waals surface area contributed by atoms with Gasteiger partial charge in [0.2, 0.25) is 11.0 Å². The molecule has 0 aliphatic rings. The maximum absolute atomic E-state index is 13.1. The van der Waals surface area contributed by atoms with Gasteiger partial charge in [0.1, 0.15) is 0 Å². The Morgan fingerprint density at radius 2 is 1.82 bits per heavy atom. The second kappa shape index (κ2) is 7.05. The molecular formula is C22H19N3O2S. The molecule has 4 aromatic rings. The summed E-state index contributed by atoms with van der Waals surface area (Å²) in [7, 11) is 0. The average molecular weight is 389 g/mol. The van der Waals surface area contributed by atoms with E-state index in [2.05, 4.69) is 9.98 Å². The molecule has 6 heteroatoms. The second-order valence-corrected chi connectivity index (χ2v) is 7.92. The number of aromatic hydroxyl groups is 1. The van der Waals surface area contributed by atoms with E-state index in [1.807, 2.05) is 57.2 Å². The standard InChI is InChI=1S/C22H19N3O2S/c1-13-8-9-16(10-14(13)2)25-20(26)18-7-5-4-6-17(18)19(21(25)27)12-24-22-23-11-15(3)28-22/h4-12,27H,1-3H3/b24-12+. The molecule has 2 aromatic heterocycles. The summed E-state index contributed by atoms with van der Waals surface area (Å²) in [6.45, 7) is 5.95. The smallest absolute Gasteiger partial charge is 0.265 e. The summed E-state index contributed by atoms with van der Waals surface area (Å²) in [6.07, 6.45) is 3.33. The Bertz CT molecular complexity index is 1280. The van der Waals surface area contributed by atoms with E-state index in [0.717, 1.165) is 16.0 Å². The van der Waals surface area contributed by atoms with Crippen LogP contribution in [0.2, 0.25) is 0 Å². The fourth-order valence-corrected chi connectivity index (χ4v) is 3.72. The van der Waals surface area contributed by atoms with Gasteiger partial charge < -0.3 is 5.11 Å². The van der Waals surface area contributed by atoms with Crippen molar-refractivity contribution < 1.29 is 5.11 Å². The number of hydrogen-bond acceptors (Lipinski definition) is 5. The minimum atomic E-state index is -0.265. The van der Waals surface area contributed by atoms with Gasteiger partial charge in [0.25, 0.3) is 5.56 Å². The van der Waals surface area contributed by atoms with Crippen molar-refractivity contribution in [3.8, 4) is 11.6 Å². The largest absolute Gasteiger partial charge is 0.494 e. The van der Waals surface area contributed by atoms with E-state index in [0.29, 0.717) is 27.2 Å². The number of thiazole rings is 1. The fraction of sp³-hybridized carbons (Fsp3) is 0.136. The number of aromatic nitrogens is 2. The highest BCUT2D eigenvalue weighted by molar-refractivity contribution is 7.15. The molecule has 0 spiro atoms. The summed E-state index contributed by atoms with van der Waals surface area (Å²) >= 11 is 1.47. The number of rotatable bonds is 3. The molecule has 0 fully saturated rings. The molecule has 5 nitrogen and oxygen atoms in total. The molecule has 0 saturated carbocycles. The average Bonchev–Trinajstić information content (AvgIpc) is 3.10. The Morgan fingerprint density at radius 1 is 1.07 bits per heavy atom. The van der Waals surface area contributed by atoms with Crippen molar-refractivity contribution in [3.05, 3.63) is 80.6 Å². The maximum atomic E-state index is 13.1. The van der Waals surface area contributed by atoms with Crippen molar-refractivity contribution in [2.24, 2.45) is 4.99 Å². The third kappa shape index (κ3) is 3.12. The van der Waals surface area contributed by atoms with Crippen LogP contribution in [0.15, 0.2) is 58.4 Å². The first-order valence-electron chi connectivity index (χ1n) is 8.86. The molecule has 0 aliphatic carbocycles. The quantitative estimate of drug-likeness (QED) is 0.510. The molecule has 0 atom stereocenters. The van der Waals surface area contributed by atoms with E-state index < -0.39 is 0 Å². The van der Waals surface area contributed by atoms with Crippen molar-refractivity contribution in [2.45, 2.75) is 20.8 Å². The van der Waals surface area contributed by atoms with Gasteiger partial charge in [-0.05, 0) is 50.1 Å². The third-order valence-electron chi connectivity index (χ3n) is 4.77. The van der Waals surface area contributed by atoms with Gasteiger partial charge in [0, 0.05) is 28.1 Å². The summed E-state index contributed by atoms with van der Waals surface area (Å²) < 4.78 is 1.34. The van der Waals surface area contributed by atoms with E-state index >= 15 is 0 Å². The molecule has 1 N–H and O–H groups in total. The SMILES string of the molecule is Cc1cnc(/N=C/c2c(O)n(-c3ccc(C)c(C)c3)c(=O)c3ccccc23)s1. The summed E-state index contributed by atoms with van der Waals surface area (Å²) in [4.78, 5) is 22.8. The van der Waals surface area contributed by atoms with Gasteiger partial charge >= 0.3 is 0 Å². The summed E-state index contributed by atoms with van der Waals surface area (Å²) in [6, 6.07) is 12.9. The number of aliphatic imine (C=N–C) groups is 1. The molecule has 2 heterocycles. The van der Waals surface area contributed by atoms with Crippen molar-refractivity contribution in [2.75, 3.05) is 0 Å². The molecule has 4 rings (SSSR count). The van der Waals surface area contributed by atoms with Crippen molar-refractivity contribution >= 4 is 33.5 Å². The van der Waals surface area contributed by atoms with Crippen molar-refractivity contribution in [1.29, 1.82) is 0 Å². The zero-order valence-corrected chi connectivity index (χ0v) is 16.6. The number of hydrogen-bond donors (Lipinski definition) is 1. The van der Waals surface area contributed by atoms with Crippen LogP contribution in [-0.4, -0.2) is 20.9 Å². The number of benzene rings is 2. The highest BCUT2D eigenvalue weighted by atomic mass is 32.1. The second-order valence-electron chi connectivity index (χ2n) is 6.70. The Labute approximate surface area is 166 Å². The molecule has 0 radical (unpaired) electrons. The number of fused-ring (bicyclic) bond motifs is 1. The van der Waals surface area contributed by atoms with Gasteiger partial charge in [-0.1, -0.05) is 24.3 Å². The van der Waals surface area contributed by atoms with Crippen LogP contribution in [0.25, 0.3) is 16.5 Å². The van der Waals surface area contributed by atoms with Gasteiger partial charge in [-0.15, -0.1) is 11.3 Å². The molecule has 140 valence electrons. The lowest BCUT2D eigenvalue weighted by Gasteiger charge is -2.14. The minimum absolute atomic E-state index is 0.135.